The average molecular weight is 629 g/mol. The van der Waals surface area contributed by atoms with Crippen molar-refractivity contribution in [1.29, 1.82) is 0 Å². The predicted octanol–water partition coefficient (Wildman–Crippen LogP) is 6.86. The van der Waals surface area contributed by atoms with E-state index in [1.165, 1.54) is 0 Å². The summed E-state index contributed by atoms with van der Waals surface area (Å²) in [6, 6.07) is 0. The Morgan fingerprint density at radius 1 is 0.500 bits per heavy atom. The first-order valence-corrected chi connectivity index (χ1v) is 17.3. The Bertz CT molecular complexity index is 801. The Morgan fingerprint density at radius 3 is 1.27 bits per heavy atom. The van der Waals surface area contributed by atoms with E-state index < -0.39 is 54.6 Å². The summed E-state index contributed by atoms with van der Waals surface area (Å²) in [6.07, 6.45) is 7.88. The van der Waals surface area contributed by atoms with E-state index in [2.05, 4.69) is 27.7 Å². The number of aliphatic hydroxyl groups excluding tert-OH is 1. The topological polar surface area (TPSA) is 135 Å². The molecule has 10 nitrogen and oxygen atoms in total. The van der Waals surface area contributed by atoms with Gasteiger partial charge in [-0.05, 0) is 25.7 Å². The summed E-state index contributed by atoms with van der Waals surface area (Å²) in [5.41, 5.74) is 0. The van der Waals surface area contributed by atoms with E-state index in [4.69, 9.17) is 23.7 Å². The molecule has 44 heavy (non-hydrogen) atoms. The number of rotatable bonds is 25. The highest BCUT2D eigenvalue weighted by Crippen LogP contribution is 2.29. The molecule has 0 unspecified atom stereocenters. The van der Waals surface area contributed by atoms with Crippen molar-refractivity contribution >= 4 is 23.9 Å². The number of unbranched alkanes of at least 4 members (excludes halogenated alkanes) is 12. The number of esters is 4. The minimum Gasteiger partial charge on any atom is -0.463 e. The summed E-state index contributed by atoms with van der Waals surface area (Å²) < 4.78 is 28.5. The number of hydrogen-bond donors (Lipinski definition) is 1. The quantitative estimate of drug-likeness (QED) is 0.0649. The number of hydrogen-bond acceptors (Lipinski definition) is 10. The Hall–Kier alpha value is -2.20. The van der Waals surface area contributed by atoms with Crippen LogP contribution in [0.1, 0.15) is 156 Å². The molecule has 1 fully saturated rings. The van der Waals surface area contributed by atoms with Gasteiger partial charge in [0.25, 0.3) is 0 Å². The van der Waals surface area contributed by atoms with Crippen LogP contribution in [0.25, 0.3) is 0 Å². The van der Waals surface area contributed by atoms with Gasteiger partial charge in [-0.15, -0.1) is 0 Å². The Morgan fingerprint density at radius 2 is 0.864 bits per heavy atom. The summed E-state index contributed by atoms with van der Waals surface area (Å²) in [5.74, 6) is -2.09. The second-order valence-electron chi connectivity index (χ2n) is 11.9. The highest BCUT2D eigenvalue weighted by atomic mass is 16.7. The minimum absolute atomic E-state index is 0.125. The maximum absolute atomic E-state index is 13.0. The third-order valence-corrected chi connectivity index (χ3v) is 7.76. The van der Waals surface area contributed by atoms with E-state index in [9.17, 15) is 24.3 Å². The van der Waals surface area contributed by atoms with Crippen molar-refractivity contribution in [1.82, 2.24) is 0 Å². The van der Waals surface area contributed by atoms with E-state index in [0.717, 1.165) is 77.0 Å². The number of carbonyl (C=O) groups is 4. The third kappa shape index (κ3) is 17.3. The molecule has 5 atom stereocenters. The molecule has 0 aromatic rings. The summed E-state index contributed by atoms with van der Waals surface area (Å²) in [6.45, 7) is 7.98. The lowest BCUT2D eigenvalue weighted by Gasteiger charge is -2.43. The van der Waals surface area contributed by atoms with Gasteiger partial charge in [0, 0.05) is 25.7 Å². The number of carbonyl (C=O) groups excluding carboxylic acids is 4. The number of ether oxygens (including phenoxy) is 5. The van der Waals surface area contributed by atoms with Crippen LogP contribution in [0.4, 0.5) is 0 Å². The molecule has 0 aliphatic carbocycles. The van der Waals surface area contributed by atoms with Crippen molar-refractivity contribution in [2.45, 2.75) is 187 Å². The molecule has 0 radical (unpaired) electrons. The molecule has 0 saturated carbocycles. The van der Waals surface area contributed by atoms with Crippen LogP contribution >= 0.6 is 0 Å². The molecule has 10 heteroatoms. The molecule has 256 valence electrons. The molecule has 0 bridgehead atoms. The summed E-state index contributed by atoms with van der Waals surface area (Å²) in [5, 5.41) is 11.0. The normalized spacial score (nSPS) is 21.4. The molecule has 1 rings (SSSR count). The zero-order valence-electron chi connectivity index (χ0n) is 27.9. The largest absolute Gasteiger partial charge is 0.463 e. The van der Waals surface area contributed by atoms with Crippen LogP contribution in [0.2, 0.25) is 0 Å². The van der Waals surface area contributed by atoms with E-state index in [1.54, 1.807) is 0 Å². The SMILES string of the molecule is CCCCCCC(=O)OC[C@H]1O[C@@H](O)[C@@H](OC(=O)CCCCCC)[C@@H](OC(=O)CCCCCC)[C@@H]1OC(=O)CCCCCC. The molecule has 0 aromatic heterocycles. The van der Waals surface area contributed by atoms with E-state index in [0.29, 0.717) is 25.7 Å². The van der Waals surface area contributed by atoms with Gasteiger partial charge >= 0.3 is 23.9 Å². The van der Waals surface area contributed by atoms with Gasteiger partial charge in [0.05, 0.1) is 0 Å². The van der Waals surface area contributed by atoms with Crippen molar-refractivity contribution in [3.63, 3.8) is 0 Å². The van der Waals surface area contributed by atoms with Crippen molar-refractivity contribution in [2.24, 2.45) is 0 Å². The number of aliphatic hydroxyl groups is 1. The van der Waals surface area contributed by atoms with Gasteiger partial charge in [-0.2, -0.15) is 0 Å². The smallest absolute Gasteiger partial charge is 0.306 e. The minimum atomic E-state index is -1.68. The zero-order chi connectivity index (χ0) is 32.6. The van der Waals surface area contributed by atoms with Gasteiger partial charge in [0.15, 0.2) is 24.6 Å². The fourth-order valence-electron chi connectivity index (χ4n) is 5.10. The van der Waals surface area contributed by atoms with Crippen LogP contribution in [0.3, 0.4) is 0 Å². The van der Waals surface area contributed by atoms with E-state index in [-0.39, 0.29) is 32.3 Å². The standard InChI is InChI=1S/C34H60O10/c1-5-9-13-17-21-27(35)40-25-26-31(42-28(36)22-18-14-10-6-2)32(43-29(37)23-19-15-11-7-3)33(34(39)41-26)44-30(38)24-20-16-12-8-4/h26,31-34,39H,5-25H2,1-4H3/t26-,31-,32+,33+,34-/m1/s1. The van der Waals surface area contributed by atoms with E-state index in [1.807, 2.05) is 0 Å². The van der Waals surface area contributed by atoms with Crippen molar-refractivity contribution in [3.8, 4) is 0 Å². The lowest BCUT2D eigenvalue weighted by molar-refractivity contribution is -0.297. The van der Waals surface area contributed by atoms with Crippen molar-refractivity contribution in [2.75, 3.05) is 6.61 Å². The van der Waals surface area contributed by atoms with Gasteiger partial charge in [-0.25, -0.2) is 0 Å². The molecular formula is C34H60O10. The second kappa shape index (κ2) is 25.0. The van der Waals surface area contributed by atoms with Crippen LogP contribution < -0.4 is 0 Å². The first kappa shape index (κ1) is 39.8. The zero-order valence-corrected chi connectivity index (χ0v) is 27.9. The molecular weight excluding hydrogens is 568 g/mol. The molecule has 0 aromatic carbocycles. The first-order chi connectivity index (χ1) is 21.3. The third-order valence-electron chi connectivity index (χ3n) is 7.76. The molecule has 0 spiro atoms. The lowest BCUT2D eigenvalue weighted by Crippen LogP contribution is -2.62. The molecule has 1 aliphatic heterocycles. The molecule has 0 amide bonds. The Labute approximate surface area is 265 Å². The van der Waals surface area contributed by atoms with E-state index >= 15 is 0 Å². The van der Waals surface area contributed by atoms with Crippen LogP contribution in [0, 0.1) is 0 Å². The summed E-state index contributed by atoms with van der Waals surface area (Å²) in [4.78, 5) is 51.1. The van der Waals surface area contributed by atoms with Gasteiger partial charge in [-0.1, -0.05) is 105 Å². The molecule has 1 N–H and O–H groups in total. The average Bonchev–Trinajstić information content (AvgIpc) is 3.00. The lowest BCUT2D eigenvalue weighted by atomic mass is 9.98. The summed E-state index contributed by atoms with van der Waals surface area (Å²) in [7, 11) is 0. The van der Waals surface area contributed by atoms with Gasteiger partial charge in [-0.3, -0.25) is 19.2 Å². The first-order valence-electron chi connectivity index (χ1n) is 17.3. The van der Waals surface area contributed by atoms with Crippen LogP contribution in [-0.4, -0.2) is 66.3 Å². The monoisotopic (exact) mass is 628 g/mol. The van der Waals surface area contributed by atoms with Crippen LogP contribution in [0.15, 0.2) is 0 Å². The van der Waals surface area contributed by atoms with Crippen molar-refractivity contribution in [3.05, 3.63) is 0 Å². The summed E-state index contributed by atoms with van der Waals surface area (Å²) >= 11 is 0. The second-order valence-corrected chi connectivity index (χ2v) is 11.9. The van der Waals surface area contributed by atoms with Gasteiger partial charge < -0.3 is 28.8 Å². The fourth-order valence-corrected chi connectivity index (χ4v) is 5.10. The maximum Gasteiger partial charge on any atom is 0.306 e. The molecule has 1 aliphatic rings. The Balaban J connectivity index is 3.15. The van der Waals surface area contributed by atoms with Crippen LogP contribution in [-0.2, 0) is 42.9 Å². The van der Waals surface area contributed by atoms with Crippen molar-refractivity contribution < 1.29 is 48.0 Å². The predicted molar refractivity (Wildman–Crippen MR) is 167 cm³/mol. The maximum atomic E-state index is 13.0. The highest BCUT2D eigenvalue weighted by Gasteiger charge is 2.52. The highest BCUT2D eigenvalue weighted by molar-refractivity contribution is 5.72. The fraction of sp³-hybridized carbons (Fsp3) is 0.882. The Kier molecular flexibility index (Phi) is 22.7. The van der Waals surface area contributed by atoms with Crippen LogP contribution in [0.5, 0.6) is 0 Å². The molecule has 1 saturated heterocycles. The van der Waals surface area contributed by atoms with Gasteiger partial charge in [0.1, 0.15) is 12.7 Å². The van der Waals surface area contributed by atoms with Gasteiger partial charge in [0.2, 0.25) is 0 Å². The molecule has 1 heterocycles.